The molecule has 0 aromatic heterocycles. The highest BCUT2D eigenvalue weighted by Crippen LogP contribution is 2.39. The van der Waals surface area contributed by atoms with Crippen molar-refractivity contribution in [3.63, 3.8) is 0 Å². The molecule has 0 atom stereocenters. The quantitative estimate of drug-likeness (QED) is 0.667. The van der Waals surface area contributed by atoms with E-state index in [9.17, 15) is 9.59 Å². The molecule has 5 heteroatoms. The van der Waals surface area contributed by atoms with Gasteiger partial charge in [-0.05, 0) is 31.9 Å². The molecule has 0 radical (unpaired) electrons. The summed E-state index contributed by atoms with van der Waals surface area (Å²) in [6, 6.07) is 0. The molecule has 0 unspecified atom stereocenters. The summed E-state index contributed by atoms with van der Waals surface area (Å²) in [6.45, 7) is 0.756. The number of aliphatic carboxylic acids is 1. The van der Waals surface area contributed by atoms with Gasteiger partial charge in [0.05, 0.1) is 0 Å². The number of amides is 1. The van der Waals surface area contributed by atoms with Crippen LogP contribution in [0, 0.1) is 0 Å². The molecular weight excluding hydrogens is 250 g/mol. The lowest BCUT2D eigenvalue weighted by Crippen LogP contribution is -2.38. The van der Waals surface area contributed by atoms with Crippen LogP contribution in [0.5, 0.6) is 0 Å². The third kappa shape index (κ3) is 5.29. The second-order valence-electron chi connectivity index (χ2n) is 4.97. The Kier molecular flexibility index (Phi) is 6.54. The van der Waals surface area contributed by atoms with Crippen LogP contribution in [0.25, 0.3) is 0 Å². The molecule has 1 aliphatic rings. The van der Waals surface area contributed by atoms with Crippen molar-refractivity contribution in [2.24, 2.45) is 0 Å². The van der Waals surface area contributed by atoms with E-state index < -0.39 is 5.97 Å². The summed E-state index contributed by atoms with van der Waals surface area (Å²) in [5, 5.41) is 11.5. The zero-order valence-corrected chi connectivity index (χ0v) is 11.9. The van der Waals surface area contributed by atoms with Gasteiger partial charge in [-0.3, -0.25) is 9.59 Å². The zero-order chi connectivity index (χ0) is 13.4. The number of carbonyl (C=O) groups excluding carboxylic acids is 1. The number of carboxylic acids is 1. The van der Waals surface area contributed by atoms with E-state index in [1.54, 1.807) is 0 Å². The fourth-order valence-electron chi connectivity index (χ4n) is 2.38. The average Bonchev–Trinajstić information content (AvgIpc) is 2.81. The van der Waals surface area contributed by atoms with Crippen LogP contribution >= 0.6 is 11.8 Å². The Bertz CT molecular complexity index is 288. The number of hydrogen-bond donors (Lipinski definition) is 2. The normalized spacial score (nSPS) is 17.6. The van der Waals surface area contributed by atoms with Crippen LogP contribution in [0.15, 0.2) is 0 Å². The van der Waals surface area contributed by atoms with E-state index in [-0.39, 0.29) is 17.1 Å². The average molecular weight is 273 g/mol. The highest BCUT2D eigenvalue weighted by Gasteiger charge is 2.32. The third-order valence-corrected chi connectivity index (χ3v) is 5.02. The molecule has 1 saturated carbocycles. The van der Waals surface area contributed by atoms with E-state index >= 15 is 0 Å². The second kappa shape index (κ2) is 7.67. The minimum Gasteiger partial charge on any atom is -0.481 e. The van der Waals surface area contributed by atoms with E-state index in [0.29, 0.717) is 19.3 Å². The maximum Gasteiger partial charge on any atom is 0.303 e. The number of carbonyl (C=O) groups is 2. The fraction of sp³-hybridized carbons (Fsp3) is 0.846. The van der Waals surface area contributed by atoms with Gasteiger partial charge in [-0.25, -0.2) is 0 Å². The van der Waals surface area contributed by atoms with E-state index in [1.165, 1.54) is 25.7 Å². The predicted octanol–water partition coefficient (Wildman–Crippen LogP) is 2.42. The maximum atomic E-state index is 11.6. The van der Waals surface area contributed by atoms with Crippen LogP contribution in [-0.4, -0.2) is 34.5 Å². The van der Waals surface area contributed by atoms with Crippen molar-refractivity contribution in [2.45, 2.75) is 56.1 Å². The minimum atomic E-state index is -0.789. The molecular formula is C13H23NO3S. The van der Waals surface area contributed by atoms with Crippen LogP contribution in [0.3, 0.4) is 0 Å². The van der Waals surface area contributed by atoms with Gasteiger partial charge >= 0.3 is 5.97 Å². The largest absolute Gasteiger partial charge is 0.481 e. The van der Waals surface area contributed by atoms with Gasteiger partial charge in [0.15, 0.2) is 0 Å². The highest BCUT2D eigenvalue weighted by molar-refractivity contribution is 8.00. The first-order chi connectivity index (χ1) is 8.58. The van der Waals surface area contributed by atoms with Gasteiger partial charge in [0.25, 0.3) is 0 Å². The SMILES string of the molecule is CSC1(CNC(=O)CCCCC(=O)O)CCCC1. The van der Waals surface area contributed by atoms with Crippen molar-refractivity contribution in [1.82, 2.24) is 5.32 Å². The molecule has 1 rings (SSSR count). The number of unbranched alkanes of at least 4 members (excludes halogenated alkanes) is 1. The Morgan fingerprint density at radius 1 is 1.22 bits per heavy atom. The van der Waals surface area contributed by atoms with Crippen LogP contribution in [0.4, 0.5) is 0 Å². The Morgan fingerprint density at radius 3 is 2.39 bits per heavy atom. The summed E-state index contributed by atoms with van der Waals surface area (Å²) < 4.78 is 0.247. The molecule has 0 aromatic carbocycles. The van der Waals surface area contributed by atoms with E-state index in [0.717, 1.165) is 6.54 Å². The van der Waals surface area contributed by atoms with Gasteiger partial charge in [-0.1, -0.05) is 12.8 Å². The number of carboxylic acid groups (broad SMARTS) is 1. The molecule has 1 fully saturated rings. The smallest absolute Gasteiger partial charge is 0.303 e. The van der Waals surface area contributed by atoms with Crippen LogP contribution in [-0.2, 0) is 9.59 Å². The van der Waals surface area contributed by atoms with Crippen LogP contribution in [0.2, 0.25) is 0 Å². The zero-order valence-electron chi connectivity index (χ0n) is 11.0. The summed E-state index contributed by atoms with van der Waals surface area (Å²) >= 11 is 1.86. The molecule has 0 bridgehead atoms. The van der Waals surface area contributed by atoms with Crippen LogP contribution in [0.1, 0.15) is 51.4 Å². The monoisotopic (exact) mass is 273 g/mol. The molecule has 0 aliphatic heterocycles. The molecule has 4 nitrogen and oxygen atoms in total. The van der Waals surface area contributed by atoms with Crippen molar-refractivity contribution in [3.8, 4) is 0 Å². The van der Waals surface area contributed by atoms with Crippen molar-refractivity contribution < 1.29 is 14.7 Å². The first kappa shape index (κ1) is 15.3. The number of hydrogen-bond acceptors (Lipinski definition) is 3. The maximum absolute atomic E-state index is 11.6. The van der Waals surface area contributed by atoms with Crippen molar-refractivity contribution in [3.05, 3.63) is 0 Å². The lowest BCUT2D eigenvalue weighted by atomic mass is 10.1. The summed E-state index contributed by atoms with van der Waals surface area (Å²) in [6.07, 6.45) is 8.84. The molecule has 1 amide bonds. The second-order valence-corrected chi connectivity index (χ2v) is 6.25. The van der Waals surface area contributed by atoms with Crippen molar-refractivity contribution >= 4 is 23.6 Å². The number of thioether (sulfide) groups is 1. The predicted molar refractivity (Wildman–Crippen MR) is 73.8 cm³/mol. The Hall–Kier alpha value is -0.710. The number of nitrogens with one attached hydrogen (secondary N) is 1. The molecule has 0 spiro atoms. The Morgan fingerprint density at radius 2 is 1.83 bits per heavy atom. The van der Waals surface area contributed by atoms with Crippen LogP contribution < -0.4 is 5.32 Å². The van der Waals surface area contributed by atoms with Gasteiger partial charge < -0.3 is 10.4 Å². The first-order valence-corrected chi connectivity index (χ1v) is 7.84. The molecule has 0 heterocycles. The molecule has 2 N–H and O–H groups in total. The van der Waals surface area contributed by atoms with E-state index in [4.69, 9.17) is 5.11 Å². The minimum absolute atomic E-state index is 0.0562. The molecule has 18 heavy (non-hydrogen) atoms. The summed E-state index contributed by atoms with van der Waals surface area (Å²) in [4.78, 5) is 22.0. The molecule has 1 aliphatic carbocycles. The number of rotatable bonds is 8. The van der Waals surface area contributed by atoms with Gasteiger partial charge in [0.2, 0.25) is 5.91 Å². The Balaban J connectivity index is 2.14. The van der Waals surface area contributed by atoms with Gasteiger partial charge in [-0.2, -0.15) is 11.8 Å². The third-order valence-electron chi connectivity index (χ3n) is 3.60. The lowest BCUT2D eigenvalue weighted by molar-refractivity contribution is -0.137. The summed E-state index contributed by atoms with van der Waals surface area (Å²) in [5.41, 5.74) is 0. The van der Waals surface area contributed by atoms with E-state index in [2.05, 4.69) is 11.6 Å². The van der Waals surface area contributed by atoms with Crippen molar-refractivity contribution in [2.75, 3.05) is 12.8 Å². The van der Waals surface area contributed by atoms with E-state index in [1.807, 2.05) is 11.8 Å². The van der Waals surface area contributed by atoms with Gasteiger partial charge in [0.1, 0.15) is 0 Å². The molecule has 104 valence electrons. The first-order valence-electron chi connectivity index (χ1n) is 6.62. The summed E-state index contributed by atoms with van der Waals surface area (Å²) in [5.74, 6) is -0.733. The van der Waals surface area contributed by atoms with Crippen molar-refractivity contribution in [1.29, 1.82) is 0 Å². The molecule has 0 saturated heterocycles. The highest BCUT2D eigenvalue weighted by atomic mass is 32.2. The summed E-state index contributed by atoms with van der Waals surface area (Å²) in [7, 11) is 0. The lowest BCUT2D eigenvalue weighted by Gasteiger charge is -2.26. The fourth-order valence-corrected chi connectivity index (χ4v) is 3.30. The van der Waals surface area contributed by atoms with Gasteiger partial charge in [-0.15, -0.1) is 0 Å². The molecule has 0 aromatic rings. The van der Waals surface area contributed by atoms with Gasteiger partial charge in [0, 0.05) is 24.1 Å². The Labute approximate surface area is 113 Å². The standard InChI is InChI=1S/C13H23NO3S/c1-18-13(8-4-5-9-13)10-14-11(15)6-2-3-7-12(16)17/h2-10H2,1H3,(H,14,15)(H,16,17). The topological polar surface area (TPSA) is 66.4 Å².